The highest BCUT2D eigenvalue weighted by molar-refractivity contribution is 6.08. The van der Waals surface area contributed by atoms with Crippen LogP contribution in [0.15, 0.2) is 18.2 Å². The van der Waals surface area contributed by atoms with Crippen LogP contribution < -0.4 is 10.2 Å². The molecule has 0 spiro atoms. The first kappa shape index (κ1) is 11.7. The number of amides is 3. The predicted octanol–water partition coefficient (Wildman–Crippen LogP) is 1.57. The van der Waals surface area contributed by atoms with Crippen molar-refractivity contribution in [3.63, 3.8) is 0 Å². The normalized spacial score (nSPS) is 16.0. The summed E-state index contributed by atoms with van der Waals surface area (Å²) in [6.07, 6.45) is 0.301. The minimum atomic E-state index is -0.406. The van der Waals surface area contributed by atoms with Gasteiger partial charge in [0.1, 0.15) is 0 Å². The molecule has 0 aliphatic carbocycles. The van der Waals surface area contributed by atoms with E-state index in [1.165, 1.54) is 4.90 Å². The molecular formula is C13H16N4O2. The molecule has 2 heterocycles. The van der Waals surface area contributed by atoms with Crippen molar-refractivity contribution in [1.82, 2.24) is 15.1 Å². The molecule has 1 aliphatic heterocycles. The van der Waals surface area contributed by atoms with Crippen LogP contribution in [0.4, 0.5) is 10.6 Å². The molecule has 100 valence electrons. The Kier molecular flexibility index (Phi) is 2.51. The molecule has 3 amide bonds. The van der Waals surface area contributed by atoms with Gasteiger partial charge in [0, 0.05) is 26.8 Å². The number of nitrogens with zero attached hydrogens (tertiary/aromatic N) is 3. The standard InChI is InChI=1S/C13H14N4O2.H2/c1-8-3-4-9-10(7-8)16(2)15-12(9)17-6-5-11(18)14-13(17)19;/h3-4,7H,5-6H2,1-2H3,(H,14,18,19);1H. The average molecular weight is 260 g/mol. The van der Waals surface area contributed by atoms with Gasteiger partial charge in [-0.2, -0.15) is 5.10 Å². The van der Waals surface area contributed by atoms with E-state index in [4.69, 9.17) is 0 Å². The average Bonchev–Trinajstić information content (AvgIpc) is 2.66. The van der Waals surface area contributed by atoms with Crippen LogP contribution in [-0.4, -0.2) is 28.3 Å². The van der Waals surface area contributed by atoms with Crippen molar-refractivity contribution in [3.8, 4) is 0 Å². The summed E-state index contributed by atoms with van der Waals surface area (Å²) in [5, 5.41) is 7.63. The number of hydrogen-bond donors (Lipinski definition) is 1. The van der Waals surface area contributed by atoms with Gasteiger partial charge >= 0.3 is 6.03 Å². The maximum atomic E-state index is 11.9. The molecule has 1 fully saturated rings. The molecule has 2 aromatic rings. The Bertz CT molecular complexity index is 695. The van der Waals surface area contributed by atoms with Crippen LogP contribution in [0.25, 0.3) is 10.9 Å². The minimum Gasteiger partial charge on any atom is -0.278 e. The topological polar surface area (TPSA) is 67.2 Å². The molecule has 1 saturated heterocycles. The van der Waals surface area contributed by atoms with Crippen molar-refractivity contribution in [1.29, 1.82) is 0 Å². The van der Waals surface area contributed by atoms with Crippen molar-refractivity contribution < 1.29 is 11.0 Å². The summed E-state index contributed by atoms with van der Waals surface area (Å²) < 4.78 is 1.75. The summed E-state index contributed by atoms with van der Waals surface area (Å²) >= 11 is 0. The zero-order valence-electron chi connectivity index (χ0n) is 10.8. The first-order valence-electron chi connectivity index (χ1n) is 6.11. The summed E-state index contributed by atoms with van der Waals surface area (Å²) in [6.45, 7) is 2.38. The highest BCUT2D eigenvalue weighted by atomic mass is 16.2. The molecule has 1 aromatic heterocycles. The number of urea groups is 1. The minimum absolute atomic E-state index is 0. The van der Waals surface area contributed by atoms with E-state index >= 15 is 0 Å². The lowest BCUT2D eigenvalue weighted by Gasteiger charge is -2.24. The number of carbonyl (C=O) groups is 2. The highest BCUT2D eigenvalue weighted by Crippen LogP contribution is 2.27. The summed E-state index contributed by atoms with van der Waals surface area (Å²) in [5.74, 6) is 0.361. The number of hydrogen-bond acceptors (Lipinski definition) is 3. The fraction of sp³-hybridized carbons (Fsp3) is 0.308. The maximum Gasteiger partial charge on any atom is 0.329 e. The first-order chi connectivity index (χ1) is 9.06. The van der Waals surface area contributed by atoms with Gasteiger partial charge in [-0.15, -0.1) is 0 Å². The Morgan fingerprint density at radius 1 is 1.37 bits per heavy atom. The smallest absolute Gasteiger partial charge is 0.278 e. The van der Waals surface area contributed by atoms with E-state index in [-0.39, 0.29) is 7.33 Å². The van der Waals surface area contributed by atoms with Crippen molar-refractivity contribution in [2.75, 3.05) is 11.4 Å². The van der Waals surface area contributed by atoms with Crippen LogP contribution in [0.3, 0.4) is 0 Å². The fourth-order valence-corrected chi connectivity index (χ4v) is 2.31. The van der Waals surface area contributed by atoms with Crippen LogP contribution in [0.5, 0.6) is 0 Å². The Morgan fingerprint density at radius 2 is 2.16 bits per heavy atom. The van der Waals surface area contributed by atoms with E-state index in [2.05, 4.69) is 10.4 Å². The SMILES string of the molecule is Cc1ccc2c(N3CCC(=O)NC3=O)nn(C)c2c1.[HH]. The molecule has 6 nitrogen and oxygen atoms in total. The Labute approximate surface area is 111 Å². The monoisotopic (exact) mass is 260 g/mol. The van der Waals surface area contributed by atoms with Gasteiger partial charge in [0.05, 0.1) is 5.52 Å². The van der Waals surface area contributed by atoms with Gasteiger partial charge in [0.25, 0.3) is 0 Å². The zero-order valence-corrected chi connectivity index (χ0v) is 10.8. The first-order valence-corrected chi connectivity index (χ1v) is 6.11. The molecule has 0 atom stereocenters. The Balaban J connectivity index is 0.00000147. The number of benzene rings is 1. The van der Waals surface area contributed by atoms with Gasteiger partial charge in [-0.05, 0) is 24.6 Å². The van der Waals surface area contributed by atoms with Crippen LogP contribution in [0.1, 0.15) is 13.4 Å². The molecule has 0 bridgehead atoms. The zero-order chi connectivity index (χ0) is 13.6. The molecular weight excluding hydrogens is 244 g/mol. The summed E-state index contributed by atoms with van der Waals surface area (Å²) in [6, 6.07) is 5.56. The maximum absolute atomic E-state index is 11.9. The van der Waals surface area contributed by atoms with Gasteiger partial charge in [-0.1, -0.05) is 6.07 Å². The quantitative estimate of drug-likeness (QED) is 0.846. The van der Waals surface area contributed by atoms with E-state index < -0.39 is 6.03 Å². The molecule has 6 heteroatoms. The third-order valence-electron chi connectivity index (χ3n) is 3.30. The number of aromatic nitrogens is 2. The second kappa shape index (κ2) is 4.08. The summed E-state index contributed by atoms with van der Waals surface area (Å²) in [4.78, 5) is 24.6. The highest BCUT2D eigenvalue weighted by Gasteiger charge is 2.27. The number of aryl methyl sites for hydroxylation is 2. The van der Waals surface area contributed by atoms with Crippen molar-refractivity contribution in [3.05, 3.63) is 23.8 Å². The molecule has 3 rings (SSSR count). The predicted molar refractivity (Wildman–Crippen MR) is 73.1 cm³/mol. The number of imide groups is 1. The van der Waals surface area contributed by atoms with E-state index in [1.54, 1.807) is 4.68 Å². The van der Waals surface area contributed by atoms with Gasteiger partial charge in [-0.3, -0.25) is 19.7 Å². The van der Waals surface area contributed by atoms with Crippen molar-refractivity contribution in [2.24, 2.45) is 7.05 Å². The molecule has 1 N–H and O–H groups in total. The van der Waals surface area contributed by atoms with Gasteiger partial charge in [0.2, 0.25) is 5.91 Å². The molecule has 19 heavy (non-hydrogen) atoms. The number of anilines is 1. The van der Waals surface area contributed by atoms with Crippen LogP contribution in [0.2, 0.25) is 0 Å². The molecule has 0 saturated carbocycles. The molecule has 1 aliphatic rings. The number of fused-ring (bicyclic) bond motifs is 1. The van der Waals surface area contributed by atoms with E-state index in [1.807, 2.05) is 32.2 Å². The van der Waals surface area contributed by atoms with E-state index in [0.29, 0.717) is 18.8 Å². The van der Waals surface area contributed by atoms with Gasteiger partial charge in [-0.25, -0.2) is 4.79 Å². The third-order valence-corrected chi connectivity index (χ3v) is 3.30. The van der Waals surface area contributed by atoms with E-state index in [9.17, 15) is 9.59 Å². The summed E-state index contributed by atoms with van der Waals surface area (Å²) in [5.41, 5.74) is 2.11. The molecule has 1 aromatic carbocycles. The lowest BCUT2D eigenvalue weighted by molar-refractivity contribution is -0.120. The molecule has 0 radical (unpaired) electrons. The lowest BCUT2D eigenvalue weighted by atomic mass is 10.1. The van der Waals surface area contributed by atoms with Crippen molar-refractivity contribution >= 4 is 28.7 Å². The van der Waals surface area contributed by atoms with Gasteiger partial charge < -0.3 is 0 Å². The van der Waals surface area contributed by atoms with Gasteiger partial charge in [0.15, 0.2) is 5.82 Å². The Morgan fingerprint density at radius 3 is 2.89 bits per heavy atom. The van der Waals surface area contributed by atoms with Crippen molar-refractivity contribution in [2.45, 2.75) is 13.3 Å². The number of nitrogens with one attached hydrogen (secondary N) is 1. The summed E-state index contributed by atoms with van der Waals surface area (Å²) in [7, 11) is 1.85. The Hall–Kier alpha value is -2.37. The second-order valence-electron chi connectivity index (χ2n) is 4.72. The molecule has 0 unspecified atom stereocenters. The van der Waals surface area contributed by atoms with Crippen LogP contribution in [0, 0.1) is 6.92 Å². The second-order valence-corrected chi connectivity index (χ2v) is 4.72. The fourth-order valence-electron chi connectivity index (χ4n) is 2.31. The number of carbonyl (C=O) groups excluding carboxylic acids is 2. The number of rotatable bonds is 1. The van der Waals surface area contributed by atoms with Crippen LogP contribution >= 0.6 is 0 Å². The van der Waals surface area contributed by atoms with Crippen LogP contribution in [-0.2, 0) is 11.8 Å². The largest absolute Gasteiger partial charge is 0.329 e. The lowest BCUT2D eigenvalue weighted by Crippen LogP contribution is -2.49. The van der Waals surface area contributed by atoms with E-state index in [0.717, 1.165) is 16.5 Å². The third kappa shape index (κ3) is 1.85.